The van der Waals surface area contributed by atoms with E-state index in [0.717, 1.165) is 66.0 Å². The van der Waals surface area contributed by atoms with Crippen molar-refractivity contribution in [1.29, 1.82) is 0 Å². The average molecular weight is 1560 g/mol. The fourth-order valence-electron chi connectivity index (χ4n) is 32.3. The SMILES string of the molecule is CCCCCCOc1cc(C#Cc2ccc3c(=C4SC=CS4)c4ccccc4c(=C4SC=CS4)c3c2)c(OCCCCCC)cc1C#Cc1ccc(C2N(C)CC34c5c6c7c8c9c%10c(c%11c%12c3c3c5c5c%13c6c6c7c7c9c9c%14c%10c%10c%11c%11c%12c%12c3c3c5c5c%13c%13c6c6c7c9c7c9c%14c%10c%10c%11c%11c%12c3c3c5c5c%13c6c7c6c9c%10c%11c3c56)C824)cc1. The second kappa shape index (κ2) is 16.6. The third kappa shape index (κ3) is 4.60. The summed E-state index contributed by atoms with van der Waals surface area (Å²) >= 11 is 7.30. The average Bonchev–Trinajstić information content (AvgIpc) is 1.38. The van der Waals surface area contributed by atoms with E-state index in [1.54, 1.807) is 313 Å². The maximum Gasteiger partial charge on any atom is 0.136 e. The summed E-state index contributed by atoms with van der Waals surface area (Å²) in [5.41, 5.74) is 11.1. The van der Waals surface area contributed by atoms with Crippen LogP contribution < -0.4 is 19.9 Å². The molecule has 33 aromatic rings. The molecular formula is C111H49NO2S4. The van der Waals surface area contributed by atoms with Gasteiger partial charge in [-0.15, -0.1) is 0 Å². The molecule has 0 N–H and O–H groups in total. The van der Waals surface area contributed by atoms with E-state index in [-0.39, 0.29) is 11.5 Å². The second-order valence-electron chi connectivity index (χ2n) is 38.2. The zero-order chi connectivity index (χ0) is 74.2. The van der Waals surface area contributed by atoms with E-state index < -0.39 is 5.41 Å². The number of ether oxygens (including phenoxy) is 2. The lowest BCUT2D eigenvalue weighted by Crippen LogP contribution is -2.51. The van der Waals surface area contributed by atoms with Crippen molar-refractivity contribution >= 4 is 368 Å². The van der Waals surface area contributed by atoms with E-state index in [1.165, 1.54) is 71.7 Å². The Morgan fingerprint density at radius 3 is 0.949 bits per heavy atom. The van der Waals surface area contributed by atoms with E-state index in [4.69, 9.17) is 9.47 Å². The number of hydrogen-bond donors (Lipinski definition) is 0. The molecule has 7 aliphatic rings. The van der Waals surface area contributed by atoms with Gasteiger partial charge in [-0.2, -0.15) is 0 Å². The van der Waals surface area contributed by atoms with Crippen LogP contribution in [0.15, 0.2) is 100 Å². The number of hydrogen-bond acceptors (Lipinski definition) is 7. The summed E-state index contributed by atoms with van der Waals surface area (Å²) in [4.78, 5) is 2.96. The Balaban J connectivity index is 0.587. The van der Waals surface area contributed by atoms with Crippen molar-refractivity contribution in [3.05, 3.63) is 161 Å². The Morgan fingerprint density at radius 1 is 0.314 bits per heavy atom. The topological polar surface area (TPSA) is 21.7 Å². The molecule has 0 amide bonds. The van der Waals surface area contributed by atoms with Gasteiger partial charge in [0.05, 0.1) is 43.6 Å². The number of unbranched alkanes of at least 4 members (excludes halogenated alkanes) is 6. The number of benzene rings is 23. The molecule has 534 valence electrons. The highest BCUT2D eigenvalue weighted by Crippen LogP contribution is 2.87. The first-order valence-corrected chi connectivity index (χ1v) is 46.8. The van der Waals surface area contributed by atoms with E-state index in [9.17, 15) is 0 Å². The van der Waals surface area contributed by atoms with Gasteiger partial charge >= 0.3 is 0 Å². The van der Waals surface area contributed by atoms with Crippen molar-refractivity contribution < 1.29 is 9.47 Å². The molecule has 1 saturated heterocycles. The Morgan fingerprint density at radius 2 is 0.610 bits per heavy atom. The van der Waals surface area contributed by atoms with Gasteiger partial charge in [0.15, 0.2) is 0 Å². The molecule has 7 heteroatoms. The van der Waals surface area contributed by atoms with Gasteiger partial charge in [0, 0.05) is 46.3 Å². The molecule has 1 fully saturated rings. The van der Waals surface area contributed by atoms with Gasteiger partial charge in [0.2, 0.25) is 0 Å². The van der Waals surface area contributed by atoms with Crippen LogP contribution in [0.1, 0.15) is 121 Å². The molecule has 40 rings (SSSR count). The highest BCUT2D eigenvalue weighted by atomic mass is 32.2. The molecule has 1 unspecified atom stereocenters. The van der Waals surface area contributed by atoms with Gasteiger partial charge in [0.25, 0.3) is 0 Å². The Bertz CT molecular complexity index is 10400. The van der Waals surface area contributed by atoms with Crippen molar-refractivity contribution in [2.45, 2.75) is 82.1 Å². The van der Waals surface area contributed by atoms with Gasteiger partial charge < -0.3 is 9.47 Å². The second-order valence-corrected chi connectivity index (χ2v) is 42.4. The smallest absolute Gasteiger partial charge is 0.136 e. The molecule has 3 heterocycles. The molecule has 4 aliphatic carbocycles. The van der Waals surface area contributed by atoms with Gasteiger partial charge in [-0.1, -0.05) is 166 Å². The molecule has 0 aromatic heterocycles. The van der Waals surface area contributed by atoms with E-state index in [2.05, 4.69) is 150 Å². The van der Waals surface area contributed by atoms with Crippen LogP contribution in [-0.4, -0.2) is 31.7 Å². The molecule has 1 atom stereocenters. The van der Waals surface area contributed by atoms with Crippen LogP contribution in [0.5, 0.6) is 11.5 Å². The van der Waals surface area contributed by atoms with E-state index in [1.807, 2.05) is 47.0 Å². The molecule has 118 heavy (non-hydrogen) atoms. The quantitative estimate of drug-likeness (QED) is 0.0490. The fourth-order valence-corrected chi connectivity index (χ4v) is 36.2. The van der Waals surface area contributed by atoms with Crippen LogP contribution in [0.4, 0.5) is 0 Å². The summed E-state index contributed by atoms with van der Waals surface area (Å²) in [6.07, 6.45) is 8.88. The van der Waals surface area contributed by atoms with Gasteiger partial charge in [-0.3, -0.25) is 4.90 Å². The minimum absolute atomic E-state index is 0.0193. The molecule has 33 aromatic carbocycles. The molecule has 0 radical (unpaired) electrons. The maximum absolute atomic E-state index is 7.00. The fraction of sp³-hybridized carbons (Fsp3) is 0.153. The third-order valence-electron chi connectivity index (χ3n) is 34.6. The standard InChI is InChI=1S/C111H49NO2S4/c1-4-6-8-12-26-113-45-34-40(24-19-37-20-25-43-44(32-37)48(109-117-30-31-118-109)42-15-11-10-14-41(42)47(43)108-115-28-29-116-108)46(114-27-13-9-7-5-2)33-39(45)23-18-36-16-21-38(22-17-36)107-111-105-99-93-83-71-63-55-51-49-50-53-57(55)65(71)75-69-61(53)62-54(50)58-56-52(49)60-59(51)67-73(63)81-87-77(67)78-68(60)74-64(56)72-66(58)76-70(62)80-79(69)91(85(75)93)101(105)102-92(80)86(76)94-84(72)90-82(74)88(78)96-95(87)103(97(99)89(81)83)110(111,35-112(107)3)104(96)98(90)100(94)106(102)111/h10-11,14-17,20-22,25,28-34,107H,4-9,12-13,26-27,35H2,1-3H3. The van der Waals surface area contributed by atoms with Gasteiger partial charge in [-0.25, -0.2) is 0 Å². The lowest BCUT2D eigenvalue weighted by molar-refractivity contribution is 0.271. The molecule has 0 bridgehead atoms. The third-order valence-corrected chi connectivity index (χ3v) is 38.9. The molecular weight excluding hydrogens is 1510 g/mol. The minimum Gasteiger partial charge on any atom is -0.492 e. The number of likely N-dealkylation sites (N-methyl/N-ethyl adjacent to an activating group) is 1. The number of fused-ring (bicyclic) bond motifs is 2. The number of likely N-dealkylation sites (tertiary alicyclic amines) is 1. The highest BCUT2D eigenvalue weighted by molar-refractivity contribution is 8.35. The van der Waals surface area contributed by atoms with Gasteiger partial charge in [-0.05, 0) is 406 Å². The molecule has 0 saturated carbocycles. The summed E-state index contributed by atoms with van der Waals surface area (Å²) in [6, 6.07) is 30.2. The van der Waals surface area contributed by atoms with Crippen LogP contribution in [-0.2, 0) is 10.8 Å². The summed E-state index contributed by atoms with van der Waals surface area (Å²) in [6.45, 7) is 6.74. The molecule has 3 aliphatic heterocycles. The summed E-state index contributed by atoms with van der Waals surface area (Å²) in [7, 11) is 2.58. The zero-order valence-corrected chi connectivity index (χ0v) is 66.8. The predicted octanol–water partition coefficient (Wildman–Crippen LogP) is 29.0. The number of rotatable bonds is 13. The van der Waals surface area contributed by atoms with E-state index >= 15 is 0 Å². The Hall–Kier alpha value is -11.6. The lowest BCUT2D eigenvalue weighted by Gasteiger charge is -2.52. The summed E-state index contributed by atoms with van der Waals surface area (Å²) in [5, 5.41) is 105. The van der Waals surface area contributed by atoms with Crippen molar-refractivity contribution in [2.24, 2.45) is 0 Å². The van der Waals surface area contributed by atoms with Crippen molar-refractivity contribution in [2.75, 3.05) is 26.8 Å². The van der Waals surface area contributed by atoms with Gasteiger partial charge in [0.1, 0.15) is 11.5 Å². The van der Waals surface area contributed by atoms with Crippen molar-refractivity contribution in [3.8, 4) is 35.2 Å². The van der Waals surface area contributed by atoms with Crippen LogP contribution in [0.3, 0.4) is 0 Å². The zero-order valence-electron chi connectivity index (χ0n) is 63.6. The largest absolute Gasteiger partial charge is 0.492 e. The molecule has 2 spiro atoms. The first kappa shape index (κ1) is 56.7. The molecule has 3 nitrogen and oxygen atoms in total. The minimum atomic E-state index is -0.452. The van der Waals surface area contributed by atoms with Crippen molar-refractivity contribution in [1.82, 2.24) is 4.90 Å². The normalized spacial score (nSPS) is 19.9. The number of thioether (sulfide) groups is 4. The van der Waals surface area contributed by atoms with Crippen LogP contribution in [0.2, 0.25) is 0 Å². The monoisotopic (exact) mass is 1560 g/mol. The first-order valence-electron chi connectivity index (χ1n) is 43.3. The Kier molecular flexibility index (Phi) is 7.95. The highest BCUT2D eigenvalue weighted by Gasteiger charge is 2.76. The summed E-state index contributed by atoms with van der Waals surface area (Å²) in [5.74, 6) is 16.7. The van der Waals surface area contributed by atoms with Crippen LogP contribution >= 0.6 is 47.0 Å². The van der Waals surface area contributed by atoms with Crippen molar-refractivity contribution in [3.63, 3.8) is 0 Å². The predicted molar refractivity (Wildman–Crippen MR) is 510 cm³/mol. The van der Waals surface area contributed by atoms with E-state index in [0.29, 0.717) is 13.2 Å². The summed E-state index contributed by atoms with van der Waals surface area (Å²) < 4.78 is 16.6. The maximum atomic E-state index is 7.00. The van der Waals surface area contributed by atoms with Crippen LogP contribution in [0, 0.1) is 23.7 Å². The Labute approximate surface area is 681 Å². The van der Waals surface area contributed by atoms with Crippen LogP contribution in [0.25, 0.3) is 321 Å². The first-order chi connectivity index (χ1) is 58.6. The lowest BCUT2D eigenvalue weighted by atomic mass is 9.47. The number of nitrogens with zero attached hydrogens (tertiary/aromatic N) is 1.